The molecule has 25 heavy (non-hydrogen) atoms. The second kappa shape index (κ2) is 9.82. The topological polar surface area (TPSA) is 94.8 Å². The van der Waals surface area contributed by atoms with Crippen LogP contribution in [0, 0.1) is 13.3 Å². The van der Waals surface area contributed by atoms with Crippen LogP contribution in [0.3, 0.4) is 0 Å². The molecule has 0 spiro atoms. The fourth-order valence-corrected chi connectivity index (χ4v) is 5.02. The quantitative estimate of drug-likeness (QED) is 0.299. The van der Waals surface area contributed by atoms with Crippen molar-refractivity contribution in [2.45, 2.75) is 11.5 Å². The maximum atomic E-state index is 11.8. The van der Waals surface area contributed by atoms with Crippen LogP contribution in [0.4, 0.5) is 0 Å². The van der Waals surface area contributed by atoms with E-state index in [0.717, 1.165) is 11.1 Å². The third-order valence-electron chi connectivity index (χ3n) is 3.62. The summed E-state index contributed by atoms with van der Waals surface area (Å²) in [5, 5.41) is 7.50. The third-order valence-corrected chi connectivity index (χ3v) is 8.05. The van der Waals surface area contributed by atoms with Crippen molar-refractivity contribution in [2.75, 3.05) is 0 Å². The molecule has 0 saturated heterocycles. The van der Waals surface area contributed by atoms with Crippen LogP contribution in [-0.2, 0) is 15.6 Å². The first kappa shape index (κ1) is 25.8. The summed E-state index contributed by atoms with van der Waals surface area (Å²) in [4.78, 5) is 19.2. The Morgan fingerprint density at radius 2 is 1.20 bits per heavy atom. The van der Waals surface area contributed by atoms with Crippen LogP contribution in [0.1, 0.15) is 5.56 Å². The molecule has 124 valence electrons. The fraction of sp³-hybridized carbons (Fsp3) is 0.125. The van der Waals surface area contributed by atoms with Crippen LogP contribution in [-0.4, -0.2) is 20.0 Å². The van der Waals surface area contributed by atoms with Gasteiger partial charge in [-0.1, -0.05) is 54.6 Å². The molecule has 2 rings (SSSR count). The van der Waals surface area contributed by atoms with Crippen molar-refractivity contribution in [1.82, 2.24) is 0 Å². The molecule has 0 aliphatic carbocycles. The Hall–Kier alpha value is 0.780. The number of aliphatic hydroxyl groups is 1. The summed E-state index contributed by atoms with van der Waals surface area (Å²) in [6.07, 6.45) is -0.489. The summed E-state index contributed by atoms with van der Waals surface area (Å²) in [6, 6.07) is 16.3. The molecule has 9 heteroatoms. The average Bonchev–Trinajstić information content (AvgIpc) is 2.46. The summed E-state index contributed by atoms with van der Waals surface area (Å²) >= 11 is 0. The van der Waals surface area contributed by atoms with Gasteiger partial charge in [-0.2, -0.15) is 0 Å². The minimum absolute atomic E-state index is 0. The van der Waals surface area contributed by atoms with Gasteiger partial charge >= 0.3 is 59.1 Å². The van der Waals surface area contributed by atoms with Gasteiger partial charge in [0.1, 0.15) is 0 Å². The van der Waals surface area contributed by atoms with Crippen molar-refractivity contribution >= 4 is 14.7 Å². The number of hydrogen-bond donors (Lipinski definition) is 3. The van der Waals surface area contributed by atoms with Gasteiger partial charge < -0.3 is 24.0 Å². The summed E-state index contributed by atoms with van der Waals surface area (Å²) in [7, 11) is -9.03. The van der Waals surface area contributed by atoms with Gasteiger partial charge in [0.05, 0.1) is 14.7 Å². The van der Waals surface area contributed by atoms with Crippen molar-refractivity contribution in [2.24, 2.45) is 0 Å². The third kappa shape index (κ3) is 6.14. The van der Waals surface area contributed by atoms with Crippen molar-refractivity contribution in [3.05, 3.63) is 73.5 Å². The Morgan fingerprint density at radius 1 is 0.800 bits per heavy atom. The first-order chi connectivity index (χ1) is 10.5. The van der Waals surface area contributed by atoms with E-state index in [2.05, 4.69) is 13.3 Å². The van der Waals surface area contributed by atoms with Gasteiger partial charge in [0, 0.05) is 6.42 Å². The van der Waals surface area contributed by atoms with E-state index in [9.17, 15) is 24.0 Å². The van der Waals surface area contributed by atoms with Gasteiger partial charge in [-0.3, -0.25) is 13.3 Å². The summed E-state index contributed by atoms with van der Waals surface area (Å²) in [6.45, 7) is 5.92. The minimum atomic E-state index is -4.51. The standard InChI is InChI=1S/C16H18O5P2.2Na/c1-22(18,19)16(17,23(2,20)21)12-13-8-10-15(11-9-13)14-6-4-3-5-7-14;;/h3-11,17H,1-2,12H2,(H,18,19)(H,20,21);;/q-2;2*+1. The van der Waals surface area contributed by atoms with Gasteiger partial charge in [-0.25, -0.2) is 0 Å². The van der Waals surface area contributed by atoms with E-state index in [1.165, 1.54) is 0 Å². The van der Waals surface area contributed by atoms with Gasteiger partial charge in [0.2, 0.25) is 0 Å². The molecule has 0 radical (unpaired) electrons. The molecule has 0 aliphatic heterocycles. The Balaban J connectivity index is 0.00000288. The predicted molar refractivity (Wildman–Crippen MR) is 90.9 cm³/mol. The molecule has 0 aromatic heterocycles. The van der Waals surface area contributed by atoms with E-state index in [-0.39, 0.29) is 59.1 Å². The monoisotopic (exact) mass is 398 g/mol. The summed E-state index contributed by atoms with van der Waals surface area (Å²) < 4.78 is 23.6. The molecule has 2 aromatic rings. The Bertz CT molecular complexity index is 747. The van der Waals surface area contributed by atoms with Gasteiger partial charge in [-0.05, 0) is 16.7 Å². The van der Waals surface area contributed by atoms with Crippen molar-refractivity contribution in [3.8, 4) is 11.1 Å². The molecule has 5 nitrogen and oxygen atoms in total. The van der Waals surface area contributed by atoms with E-state index in [0.29, 0.717) is 5.56 Å². The molecule has 0 amide bonds. The second-order valence-corrected chi connectivity index (χ2v) is 10.1. The maximum Gasteiger partial charge on any atom is 1.00 e. The van der Waals surface area contributed by atoms with Crippen LogP contribution < -0.4 is 59.1 Å². The van der Waals surface area contributed by atoms with Crippen LogP contribution >= 0.6 is 14.7 Å². The smallest absolute Gasteiger partial charge is 0.375 e. The number of rotatable bonds is 5. The summed E-state index contributed by atoms with van der Waals surface area (Å²) in [5.74, 6) is 0. The zero-order chi connectivity index (χ0) is 17.3. The molecule has 0 bridgehead atoms. The molecule has 0 aliphatic rings. The van der Waals surface area contributed by atoms with Crippen molar-refractivity contribution in [1.29, 1.82) is 0 Å². The second-order valence-electron chi connectivity index (χ2n) is 5.42. The first-order valence-corrected chi connectivity index (χ1v) is 10.4. The van der Waals surface area contributed by atoms with E-state index in [4.69, 9.17) is 0 Å². The average molecular weight is 398 g/mol. The predicted octanol–water partition coefficient (Wildman–Crippen LogP) is -2.33. The zero-order valence-corrected chi connectivity index (χ0v) is 20.2. The molecular formula is C16H18Na2O5P2. The maximum absolute atomic E-state index is 11.8. The number of hydrogen-bond acceptors (Lipinski definition) is 3. The largest absolute Gasteiger partial charge is 1.00 e. The molecule has 0 saturated carbocycles. The van der Waals surface area contributed by atoms with E-state index in [1.54, 1.807) is 24.3 Å². The summed E-state index contributed by atoms with van der Waals surface area (Å²) in [5.41, 5.74) is 2.34. The molecule has 3 N–H and O–H groups in total. The van der Waals surface area contributed by atoms with Crippen LogP contribution in [0.15, 0.2) is 54.6 Å². The normalized spacial score (nSPS) is 17.8. The van der Waals surface area contributed by atoms with Crippen LogP contribution in [0.2, 0.25) is 0 Å². The van der Waals surface area contributed by atoms with Gasteiger partial charge in [0.15, 0.2) is 5.08 Å². The van der Waals surface area contributed by atoms with Crippen LogP contribution in [0.5, 0.6) is 0 Å². The number of benzene rings is 2. The Morgan fingerprint density at radius 3 is 1.60 bits per heavy atom. The molecule has 2 atom stereocenters. The van der Waals surface area contributed by atoms with Crippen LogP contribution in [0.25, 0.3) is 11.1 Å². The molecule has 0 heterocycles. The molecule has 0 fully saturated rings. The molecule has 2 aromatic carbocycles. The SMILES string of the molecule is [CH2-]P(=O)(O)C(O)(Cc1ccc(-c2ccccc2)cc1)P([CH2-])(=O)O.[Na+].[Na+]. The van der Waals surface area contributed by atoms with Gasteiger partial charge in [-0.15, -0.1) is 0 Å². The molecular weight excluding hydrogens is 380 g/mol. The Labute approximate surface area is 192 Å². The zero-order valence-electron chi connectivity index (χ0n) is 14.4. The van der Waals surface area contributed by atoms with Gasteiger partial charge in [0.25, 0.3) is 0 Å². The van der Waals surface area contributed by atoms with Crippen molar-refractivity contribution < 1.29 is 83.1 Å². The van der Waals surface area contributed by atoms with Crippen molar-refractivity contribution in [3.63, 3.8) is 0 Å². The molecule has 2 unspecified atom stereocenters. The van der Waals surface area contributed by atoms with E-state index in [1.807, 2.05) is 30.3 Å². The van der Waals surface area contributed by atoms with E-state index >= 15 is 0 Å². The first-order valence-electron chi connectivity index (χ1n) is 6.76. The minimum Gasteiger partial charge on any atom is -0.375 e. The van der Waals surface area contributed by atoms with E-state index < -0.39 is 26.2 Å². The fourth-order valence-electron chi connectivity index (χ4n) is 2.21. The Kier molecular flexibility index (Phi) is 10.1.